The molecule has 34 heavy (non-hydrogen) atoms. The fourth-order valence-corrected chi connectivity index (χ4v) is 5.15. The summed E-state index contributed by atoms with van der Waals surface area (Å²) in [5.74, 6) is 1.68. The van der Waals surface area contributed by atoms with Gasteiger partial charge in [-0.2, -0.15) is 0 Å². The number of aryl methyl sites for hydroxylation is 1. The lowest BCUT2D eigenvalue weighted by Gasteiger charge is -2.07. The van der Waals surface area contributed by atoms with Crippen LogP contribution in [0.25, 0.3) is 21.8 Å². The lowest BCUT2D eigenvalue weighted by atomic mass is 10.1. The standard InChI is InChI=1S/C30H42N2OS/c1-3-5-7-9-10-12-14-22-33-27-18-16-25(17-19-27)30-31-23-26(24-32-30)29-21-20-28(34-29)15-13-11-8-6-4-2/h16-21,23-24H,3-15,22H2,1-2H3. The Kier molecular flexibility index (Phi) is 12.2. The molecule has 0 bridgehead atoms. The van der Waals surface area contributed by atoms with E-state index in [0.717, 1.165) is 35.7 Å². The average molecular weight is 479 g/mol. The second-order valence-corrected chi connectivity index (χ2v) is 10.4. The van der Waals surface area contributed by atoms with Crippen LogP contribution in [-0.2, 0) is 6.42 Å². The maximum Gasteiger partial charge on any atom is 0.159 e. The Bertz CT molecular complexity index is 918. The average Bonchev–Trinajstić information content (AvgIpc) is 3.35. The van der Waals surface area contributed by atoms with Gasteiger partial charge in [-0.15, -0.1) is 11.3 Å². The molecule has 0 unspecified atom stereocenters. The first-order valence-electron chi connectivity index (χ1n) is 13.4. The minimum atomic E-state index is 0.759. The maximum absolute atomic E-state index is 5.91. The Morgan fingerprint density at radius 2 is 1.26 bits per heavy atom. The minimum Gasteiger partial charge on any atom is -0.494 e. The number of aromatic nitrogens is 2. The Balaban J connectivity index is 1.42. The van der Waals surface area contributed by atoms with Gasteiger partial charge < -0.3 is 4.74 Å². The van der Waals surface area contributed by atoms with Crippen LogP contribution in [0.3, 0.4) is 0 Å². The number of ether oxygens (including phenoxy) is 1. The predicted molar refractivity (Wildman–Crippen MR) is 147 cm³/mol. The third-order valence-corrected chi connectivity index (χ3v) is 7.45. The molecule has 0 N–H and O–H groups in total. The van der Waals surface area contributed by atoms with E-state index in [1.54, 1.807) is 0 Å². The van der Waals surface area contributed by atoms with Crippen molar-refractivity contribution in [1.82, 2.24) is 9.97 Å². The third kappa shape index (κ3) is 9.21. The Morgan fingerprint density at radius 3 is 1.94 bits per heavy atom. The van der Waals surface area contributed by atoms with E-state index in [1.807, 2.05) is 35.9 Å². The number of benzene rings is 1. The van der Waals surface area contributed by atoms with E-state index in [9.17, 15) is 0 Å². The van der Waals surface area contributed by atoms with Gasteiger partial charge >= 0.3 is 0 Å². The van der Waals surface area contributed by atoms with E-state index in [2.05, 4.69) is 48.1 Å². The summed E-state index contributed by atoms with van der Waals surface area (Å²) in [7, 11) is 0. The molecule has 2 aromatic heterocycles. The topological polar surface area (TPSA) is 35.0 Å². The highest BCUT2D eigenvalue weighted by Gasteiger charge is 2.07. The summed E-state index contributed by atoms with van der Waals surface area (Å²) in [6.45, 7) is 5.32. The fourth-order valence-electron chi connectivity index (χ4n) is 4.12. The number of rotatable bonds is 17. The summed E-state index contributed by atoms with van der Waals surface area (Å²) in [6, 6.07) is 12.6. The van der Waals surface area contributed by atoms with Crippen molar-refractivity contribution in [2.45, 2.75) is 97.3 Å². The van der Waals surface area contributed by atoms with Crippen molar-refractivity contribution in [3.05, 3.63) is 53.7 Å². The lowest BCUT2D eigenvalue weighted by Crippen LogP contribution is -1.97. The number of thiophene rings is 1. The summed E-state index contributed by atoms with van der Waals surface area (Å²) in [5.41, 5.74) is 2.12. The molecule has 0 aliphatic carbocycles. The highest BCUT2D eigenvalue weighted by atomic mass is 32.1. The summed E-state index contributed by atoms with van der Waals surface area (Å²) in [5, 5.41) is 0. The monoisotopic (exact) mass is 478 g/mol. The molecule has 0 aliphatic heterocycles. The minimum absolute atomic E-state index is 0.759. The van der Waals surface area contributed by atoms with E-state index in [0.29, 0.717) is 0 Å². The second kappa shape index (κ2) is 15.7. The van der Waals surface area contributed by atoms with Crippen molar-refractivity contribution in [2.75, 3.05) is 6.61 Å². The molecule has 0 fully saturated rings. The van der Waals surface area contributed by atoms with Gasteiger partial charge in [0.2, 0.25) is 0 Å². The zero-order valence-electron chi connectivity index (χ0n) is 21.2. The van der Waals surface area contributed by atoms with Gasteiger partial charge in [0.25, 0.3) is 0 Å². The fraction of sp³-hybridized carbons (Fsp3) is 0.533. The number of hydrogen-bond donors (Lipinski definition) is 0. The molecule has 4 heteroatoms. The molecule has 0 radical (unpaired) electrons. The first-order valence-corrected chi connectivity index (χ1v) is 14.3. The smallest absolute Gasteiger partial charge is 0.159 e. The van der Waals surface area contributed by atoms with Crippen molar-refractivity contribution in [3.63, 3.8) is 0 Å². The Hall–Kier alpha value is -2.20. The zero-order valence-corrected chi connectivity index (χ0v) is 22.0. The van der Waals surface area contributed by atoms with Crippen LogP contribution < -0.4 is 4.74 Å². The molecule has 0 aliphatic rings. The quantitative estimate of drug-likeness (QED) is 0.181. The van der Waals surface area contributed by atoms with Crippen molar-refractivity contribution in [2.24, 2.45) is 0 Å². The second-order valence-electron chi connectivity index (χ2n) is 9.22. The first-order chi connectivity index (χ1) is 16.8. The highest BCUT2D eigenvalue weighted by Crippen LogP contribution is 2.29. The van der Waals surface area contributed by atoms with Crippen LogP contribution in [0.1, 0.15) is 95.8 Å². The SMILES string of the molecule is CCCCCCCCCOc1ccc(-c2ncc(-c3ccc(CCCCCCC)s3)cn2)cc1. The maximum atomic E-state index is 5.91. The van der Waals surface area contributed by atoms with Crippen LogP contribution in [0, 0.1) is 0 Å². The van der Waals surface area contributed by atoms with E-state index < -0.39 is 0 Å². The Labute approximate surface area is 211 Å². The van der Waals surface area contributed by atoms with Crippen LogP contribution in [0.15, 0.2) is 48.8 Å². The third-order valence-electron chi connectivity index (χ3n) is 6.25. The number of nitrogens with zero attached hydrogens (tertiary/aromatic N) is 2. The molecular weight excluding hydrogens is 436 g/mol. The van der Waals surface area contributed by atoms with Crippen molar-refractivity contribution < 1.29 is 4.74 Å². The Morgan fingerprint density at radius 1 is 0.647 bits per heavy atom. The van der Waals surface area contributed by atoms with Crippen LogP contribution in [0.2, 0.25) is 0 Å². The zero-order chi connectivity index (χ0) is 23.8. The summed E-state index contributed by atoms with van der Waals surface area (Å²) >= 11 is 1.87. The molecule has 0 saturated carbocycles. The normalized spacial score (nSPS) is 11.1. The van der Waals surface area contributed by atoms with E-state index >= 15 is 0 Å². The molecule has 3 nitrogen and oxygen atoms in total. The van der Waals surface area contributed by atoms with Gasteiger partial charge in [0.15, 0.2) is 5.82 Å². The first kappa shape index (κ1) is 26.4. The highest BCUT2D eigenvalue weighted by molar-refractivity contribution is 7.15. The molecule has 0 spiro atoms. The van der Waals surface area contributed by atoms with Gasteiger partial charge in [-0.05, 0) is 55.7 Å². The largest absolute Gasteiger partial charge is 0.494 e. The van der Waals surface area contributed by atoms with Gasteiger partial charge in [0.05, 0.1) is 6.61 Å². The summed E-state index contributed by atoms with van der Waals surface area (Å²) < 4.78 is 5.91. The summed E-state index contributed by atoms with van der Waals surface area (Å²) in [6.07, 6.45) is 20.8. The van der Waals surface area contributed by atoms with Gasteiger partial charge in [0.1, 0.15) is 5.75 Å². The van der Waals surface area contributed by atoms with Gasteiger partial charge in [0, 0.05) is 33.3 Å². The van der Waals surface area contributed by atoms with Crippen LogP contribution in [0.4, 0.5) is 0 Å². The van der Waals surface area contributed by atoms with Gasteiger partial charge in [-0.1, -0.05) is 78.1 Å². The lowest BCUT2D eigenvalue weighted by molar-refractivity contribution is 0.304. The van der Waals surface area contributed by atoms with Gasteiger partial charge in [-0.25, -0.2) is 9.97 Å². The van der Waals surface area contributed by atoms with Gasteiger partial charge in [-0.3, -0.25) is 0 Å². The molecule has 1 aromatic carbocycles. The summed E-state index contributed by atoms with van der Waals surface area (Å²) in [4.78, 5) is 12.0. The molecule has 0 atom stereocenters. The number of hydrogen-bond acceptors (Lipinski definition) is 4. The van der Waals surface area contributed by atoms with Crippen LogP contribution >= 0.6 is 11.3 Å². The molecular formula is C30H42N2OS. The molecule has 184 valence electrons. The molecule has 3 aromatic rings. The van der Waals surface area contributed by atoms with E-state index in [4.69, 9.17) is 4.74 Å². The van der Waals surface area contributed by atoms with E-state index in [1.165, 1.54) is 86.8 Å². The molecule has 0 saturated heterocycles. The van der Waals surface area contributed by atoms with Crippen molar-refractivity contribution in [1.29, 1.82) is 0 Å². The molecule has 2 heterocycles. The molecule has 3 rings (SSSR count). The van der Waals surface area contributed by atoms with Crippen LogP contribution in [0.5, 0.6) is 5.75 Å². The van der Waals surface area contributed by atoms with Crippen molar-refractivity contribution in [3.8, 4) is 27.6 Å². The number of unbranched alkanes of at least 4 members (excludes halogenated alkanes) is 10. The predicted octanol–water partition coefficient (Wildman–Crippen LogP) is 9.51. The molecule has 0 amide bonds. The van der Waals surface area contributed by atoms with Crippen LogP contribution in [-0.4, -0.2) is 16.6 Å². The van der Waals surface area contributed by atoms with Crippen molar-refractivity contribution >= 4 is 11.3 Å². The van der Waals surface area contributed by atoms with E-state index in [-0.39, 0.29) is 0 Å².